The molecular weight excluding hydrogens is 260 g/mol. The van der Waals surface area contributed by atoms with Crippen LogP contribution in [-0.2, 0) is 9.59 Å². The number of nitrogens with zero attached hydrogens (tertiary/aromatic N) is 1. The third-order valence-corrected chi connectivity index (χ3v) is 3.36. The van der Waals surface area contributed by atoms with Gasteiger partial charge in [-0.05, 0) is 33.6 Å². The smallest absolute Gasteiger partial charge is 0.315 e. The van der Waals surface area contributed by atoms with E-state index in [1.807, 2.05) is 13.8 Å². The standard InChI is InChI=1S/C13H24N4O3/c1-8(2)15-13(20)16-10-4-6-17(7-5-10)12(19)9(3)11(14)18/h8-10H,4-7H2,1-3H3,(H2,14,18)(H2,15,16,20). The van der Waals surface area contributed by atoms with Gasteiger partial charge in [-0.3, -0.25) is 9.59 Å². The van der Waals surface area contributed by atoms with Crippen molar-refractivity contribution in [1.82, 2.24) is 15.5 Å². The van der Waals surface area contributed by atoms with E-state index in [9.17, 15) is 14.4 Å². The molecule has 1 aliphatic heterocycles. The number of hydrogen-bond donors (Lipinski definition) is 3. The maximum absolute atomic E-state index is 11.9. The van der Waals surface area contributed by atoms with Crippen LogP contribution in [-0.4, -0.2) is 47.9 Å². The van der Waals surface area contributed by atoms with Gasteiger partial charge in [0.25, 0.3) is 0 Å². The quantitative estimate of drug-likeness (QED) is 0.623. The van der Waals surface area contributed by atoms with Gasteiger partial charge in [-0.1, -0.05) is 0 Å². The minimum absolute atomic E-state index is 0.0571. The van der Waals surface area contributed by atoms with Gasteiger partial charge in [0.15, 0.2) is 0 Å². The Morgan fingerprint density at radius 1 is 1.15 bits per heavy atom. The number of carbonyl (C=O) groups excluding carboxylic acids is 3. The van der Waals surface area contributed by atoms with Crippen molar-refractivity contribution in [2.24, 2.45) is 11.7 Å². The number of nitrogens with one attached hydrogen (secondary N) is 2. The van der Waals surface area contributed by atoms with Gasteiger partial charge >= 0.3 is 6.03 Å². The van der Waals surface area contributed by atoms with Crippen LogP contribution in [0.25, 0.3) is 0 Å². The minimum atomic E-state index is -0.788. The molecule has 114 valence electrons. The molecule has 1 saturated heterocycles. The normalized spacial score (nSPS) is 17.7. The van der Waals surface area contributed by atoms with E-state index in [2.05, 4.69) is 10.6 Å². The second-order valence-corrected chi connectivity index (χ2v) is 5.50. The Labute approximate surface area is 119 Å². The average molecular weight is 284 g/mol. The summed E-state index contributed by atoms with van der Waals surface area (Å²) in [5.74, 6) is -1.63. The lowest BCUT2D eigenvalue weighted by atomic mass is 10.0. The van der Waals surface area contributed by atoms with E-state index in [1.165, 1.54) is 6.92 Å². The average Bonchev–Trinajstić information content (AvgIpc) is 2.36. The van der Waals surface area contributed by atoms with Crippen LogP contribution in [0, 0.1) is 5.92 Å². The summed E-state index contributed by atoms with van der Waals surface area (Å²) in [6.45, 7) is 6.37. The molecule has 0 saturated carbocycles. The molecule has 0 radical (unpaired) electrons. The molecule has 0 aromatic heterocycles. The third kappa shape index (κ3) is 4.71. The first-order valence-electron chi connectivity index (χ1n) is 6.96. The van der Waals surface area contributed by atoms with Crippen LogP contribution >= 0.6 is 0 Å². The topological polar surface area (TPSA) is 105 Å². The van der Waals surface area contributed by atoms with E-state index in [4.69, 9.17) is 5.73 Å². The Kier molecular flexibility index (Phi) is 5.79. The van der Waals surface area contributed by atoms with E-state index in [0.717, 1.165) is 0 Å². The number of rotatable bonds is 4. The lowest BCUT2D eigenvalue weighted by Crippen LogP contribution is -2.51. The molecule has 0 spiro atoms. The Morgan fingerprint density at radius 2 is 1.70 bits per heavy atom. The van der Waals surface area contributed by atoms with Crippen LogP contribution in [0.15, 0.2) is 0 Å². The molecule has 1 heterocycles. The van der Waals surface area contributed by atoms with E-state index in [1.54, 1.807) is 4.90 Å². The molecule has 1 unspecified atom stereocenters. The Balaban J connectivity index is 2.38. The number of hydrogen-bond acceptors (Lipinski definition) is 3. The SMILES string of the molecule is CC(C)NC(=O)NC1CCN(C(=O)C(C)C(N)=O)CC1. The highest BCUT2D eigenvalue weighted by Gasteiger charge is 2.28. The highest BCUT2D eigenvalue weighted by Crippen LogP contribution is 2.13. The number of nitrogens with two attached hydrogens (primary N) is 1. The van der Waals surface area contributed by atoms with Crippen LogP contribution < -0.4 is 16.4 Å². The molecule has 1 rings (SSSR count). The van der Waals surface area contributed by atoms with Crippen LogP contribution in [0.4, 0.5) is 4.79 Å². The summed E-state index contributed by atoms with van der Waals surface area (Å²) in [5.41, 5.74) is 5.13. The fourth-order valence-electron chi connectivity index (χ4n) is 2.13. The summed E-state index contributed by atoms with van der Waals surface area (Å²) in [5, 5.41) is 5.65. The van der Waals surface area contributed by atoms with Crippen molar-refractivity contribution < 1.29 is 14.4 Å². The highest BCUT2D eigenvalue weighted by atomic mass is 16.2. The van der Waals surface area contributed by atoms with Crippen LogP contribution in [0.3, 0.4) is 0 Å². The van der Waals surface area contributed by atoms with Crippen molar-refractivity contribution in [2.75, 3.05) is 13.1 Å². The zero-order chi connectivity index (χ0) is 15.3. The number of piperidine rings is 1. The van der Waals surface area contributed by atoms with Crippen LogP contribution in [0.5, 0.6) is 0 Å². The zero-order valence-corrected chi connectivity index (χ0v) is 12.3. The predicted octanol–water partition coefficient (Wildman–Crippen LogP) is -0.194. The summed E-state index contributed by atoms with van der Waals surface area (Å²) >= 11 is 0. The number of carbonyl (C=O) groups is 3. The maximum atomic E-state index is 11.9. The molecule has 20 heavy (non-hydrogen) atoms. The fourth-order valence-corrected chi connectivity index (χ4v) is 2.13. The van der Waals surface area contributed by atoms with E-state index < -0.39 is 11.8 Å². The summed E-state index contributed by atoms with van der Waals surface area (Å²) < 4.78 is 0. The number of likely N-dealkylation sites (tertiary alicyclic amines) is 1. The van der Waals surface area contributed by atoms with E-state index in [0.29, 0.717) is 25.9 Å². The Bertz CT molecular complexity index is 376. The van der Waals surface area contributed by atoms with E-state index >= 15 is 0 Å². The molecule has 0 bridgehead atoms. The monoisotopic (exact) mass is 284 g/mol. The molecule has 4 amide bonds. The summed E-state index contributed by atoms with van der Waals surface area (Å²) in [4.78, 5) is 36.1. The molecule has 7 heteroatoms. The second-order valence-electron chi connectivity index (χ2n) is 5.50. The predicted molar refractivity (Wildman–Crippen MR) is 74.8 cm³/mol. The van der Waals surface area contributed by atoms with Gasteiger partial charge < -0.3 is 21.3 Å². The molecule has 0 aromatic carbocycles. The number of amides is 4. The molecule has 1 atom stereocenters. The molecular formula is C13H24N4O3. The van der Waals surface area contributed by atoms with Crippen molar-refractivity contribution in [1.29, 1.82) is 0 Å². The zero-order valence-electron chi connectivity index (χ0n) is 12.3. The second kappa shape index (κ2) is 7.12. The molecule has 0 aromatic rings. The molecule has 7 nitrogen and oxygen atoms in total. The van der Waals surface area contributed by atoms with Gasteiger partial charge in [-0.2, -0.15) is 0 Å². The number of urea groups is 1. The first-order chi connectivity index (χ1) is 9.31. The van der Waals surface area contributed by atoms with Crippen LogP contribution in [0.1, 0.15) is 33.6 Å². The summed E-state index contributed by atoms with van der Waals surface area (Å²) in [7, 11) is 0. The molecule has 4 N–H and O–H groups in total. The van der Waals surface area contributed by atoms with Crippen molar-refractivity contribution in [2.45, 2.75) is 45.7 Å². The summed E-state index contributed by atoms with van der Waals surface area (Å²) in [6.07, 6.45) is 1.37. The molecule has 0 aliphatic carbocycles. The summed E-state index contributed by atoms with van der Waals surface area (Å²) in [6, 6.07) is -0.0370. The Morgan fingerprint density at radius 3 is 2.15 bits per heavy atom. The van der Waals surface area contributed by atoms with Crippen molar-refractivity contribution in [3.63, 3.8) is 0 Å². The van der Waals surface area contributed by atoms with Gasteiger partial charge in [-0.15, -0.1) is 0 Å². The van der Waals surface area contributed by atoms with Gasteiger partial charge in [-0.25, -0.2) is 4.79 Å². The lowest BCUT2D eigenvalue weighted by Gasteiger charge is -2.33. The van der Waals surface area contributed by atoms with Crippen molar-refractivity contribution in [3.05, 3.63) is 0 Å². The first kappa shape index (κ1) is 16.3. The number of primary amides is 1. The van der Waals surface area contributed by atoms with Crippen LogP contribution in [0.2, 0.25) is 0 Å². The van der Waals surface area contributed by atoms with Gasteiger partial charge in [0.05, 0.1) is 0 Å². The molecule has 1 fully saturated rings. The third-order valence-electron chi connectivity index (χ3n) is 3.36. The van der Waals surface area contributed by atoms with Gasteiger partial charge in [0.2, 0.25) is 11.8 Å². The fraction of sp³-hybridized carbons (Fsp3) is 0.769. The van der Waals surface area contributed by atoms with Crippen molar-refractivity contribution >= 4 is 17.8 Å². The Hall–Kier alpha value is -1.79. The highest BCUT2D eigenvalue weighted by molar-refractivity contribution is 5.99. The minimum Gasteiger partial charge on any atom is -0.369 e. The molecule has 1 aliphatic rings. The maximum Gasteiger partial charge on any atom is 0.315 e. The van der Waals surface area contributed by atoms with Gasteiger partial charge in [0.1, 0.15) is 5.92 Å². The first-order valence-corrected chi connectivity index (χ1v) is 6.96. The largest absolute Gasteiger partial charge is 0.369 e. The lowest BCUT2D eigenvalue weighted by molar-refractivity contribution is -0.141. The van der Waals surface area contributed by atoms with Crippen molar-refractivity contribution in [3.8, 4) is 0 Å². The van der Waals surface area contributed by atoms with E-state index in [-0.39, 0.29) is 24.0 Å². The van der Waals surface area contributed by atoms with Gasteiger partial charge in [0, 0.05) is 25.2 Å².